The molecule has 3 aromatic rings. The van der Waals surface area contributed by atoms with Crippen molar-refractivity contribution in [2.24, 2.45) is 0 Å². The Morgan fingerprint density at radius 1 is 0.533 bits per heavy atom. The number of rotatable bonds is 12. The highest BCUT2D eigenvalue weighted by atomic mass is 31.2. The fraction of sp³-hybridized carbons (Fsp3) is 0.310. The molecule has 156 valence electrons. The predicted octanol–water partition coefficient (Wildman–Crippen LogP) is 7.29. The lowest BCUT2D eigenvalue weighted by Crippen LogP contribution is -2.33. The van der Waals surface area contributed by atoms with Gasteiger partial charge < -0.3 is 0 Å². The van der Waals surface area contributed by atoms with Crippen molar-refractivity contribution in [1.29, 1.82) is 0 Å². The first-order valence-corrected chi connectivity index (χ1v) is 13.6. The van der Waals surface area contributed by atoms with Gasteiger partial charge in [0.1, 0.15) is 23.2 Å². The Morgan fingerprint density at radius 3 is 1.43 bits per heavy atom. The van der Waals surface area contributed by atoms with E-state index in [4.69, 9.17) is 0 Å². The molecule has 0 fully saturated rings. The van der Waals surface area contributed by atoms with Crippen LogP contribution in [0.5, 0.6) is 0 Å². The molecule has 0 bridgehead atoms. The average Bonchev–Trinajstić information content (AvgIpc) is 2.82. The Bertz CT molecular complexity index is 756. The van der Waals surface area contributed by atoms with Crippen molar-refractivity contribution in [2.75, 3.05) is 6.16 Å². The second kappa shape index (κ2) is 12.5. The summed E-state index contributed by atoms with van der Waals surface area (Å²) in [4.78, 5) is 0. The lowest BCUT2D eigenvalue weighted by atomic mass is 10.1. The Labute approximate surface area is 184 Å². The van der Waals surface area contributed by atoms with E-state index in [9.17, 15) is 0 Å². The molecule has 0 spiro atoms. The molecule has 0 heterocycles. The highest BCUT2D eigenvalue weighted by molar-refractivity contribution is 7.95. The lowest BCUT2D eigenvalue weighted by Gasteiger charge is -2.27. The standard InChI is InChI=1S/C29H36P/c1-2-3-4-5-6-7-8-9-19-26-30(27-20-13-10-14-21-27,28-22-15-11-16-23-28)29-24-17-12-18-25-29/h8-18,20-25H,2-7,19,26H2,1H3/q+1/b9-8-. The van der Waals surface area contributed by atoms with Gasteiger partial charge >= 0.3 is 0 Å². The quantitative estimate of drug-likeness (QED) is 0.165. The van der Waals surface area contributed by atoms with Crippen LogP contribution < -0.4 is 15.9 Å². The van der Waals surface area contributed by atoms with Gasteiger partial charge in [-0.3, -0.25) is 0 Å². The lowest BCUT2D eigenvalue weighted by molar-refractivity contribution is 0.637. The molecule has 0 aromatic heterocycles. The van der Waals surface area contributed by atoms with Crippen LogP contribution in [0.3, 0.4) is 0 Å². The molecule has 0 aliphatic heterocycles. The first-order valence-electron chi connectivity index (χ1n) is 11.6. The van der Waals surface area contributed by atoms with Crippen molar-refractivity contribution in [3.05, 3.63) is 103 Å². The molecule has 30 heavy (non-hydrogen) atoms. The molecule has 0 nitrogen and oxygen atoms in total. The summed E-state index contributed by atoms with van der Waals surface area (Å²) in [7, 11) is -1.67. The van der Waals surface area contributed by atoms with Crippen LogP contribution in [0, 0.1) is 0 Å². The van der Waals surface area contributed by atoms with E-state index in [0.29, 0.717) is 0 Å². The Kier molecular flexibility index (Phi) is 9.39. The largest absolute Gasteiger partial charge is 0.112 e. The van der Waals surface area contributed by atoms with E-state index < -0.39 is 7.26 Å². The van der Waals surface area contributed by atoms with Gasteiger partial charge in [0, 0.05) is 6.42 Å². The Morgan fingerprint density at radius 2 is 0.967 bits per heavy atom. The zero-order chi connectivity index (χ0) is 20.9. The number of unbranched alkanes of at least 4 members (excludes halogenated alkanes) is 5. The minimum Gasteiger partial charge on any atom is -0.0884 e. The van der Waals surface area contributed by atoms with E-state index in [1.807, 2.05) is 0 Å². The molecular formula is C29H36P+. The molecule has 0 saturated heterocycles. The van der Waals surface area contributed by atoms with Gasteiger partial charge in [-0.05, 0) is 49.2 Å². The third kappa shape index (κ3) is 5.93. The van der Waals surface area contributed by atoms with Gasteiger partial charge in [0.05, 0.1) is 6.16 Å². The summed E-state index contributed by atoms with van der Waals surface area (Å²) in [6, 6.07) is 33.6. The van der Waals surface area contributed by atoms with Crippen molar-refractivity contribution in [2.45, 2.75) is 51.9 Å². The van der Waals surface area contributed by atoms with Crippen molar-refractivity contribution in [3.63, 3.8) is 0 Å². The first kappa shape index (κ1) is 22.5. The van der Waals surface area contributed by atoms with E-state index in [-0.39, 0.29) is 0 Å². The van der Waals surface area contributed by atoms with Gasteiger partial charge in [0.15, 0.2) is 0 Å². The van der Waals surface area contributed by atoms with Crippen LogP contribution >= 0.6 is 7.26 Å². The zero-order valence-corrected chi connectivity index (χ0v) is 19.3. The first-order chi connectivity index (χ1) is 14.9. The molecular weight excluding hydrogens is 379 g/mol. The minimum atomic E-state index is -1.67. The highest BCUT2D eigenvalue weighted by Gasteiger charge is 2.44. The maximum Gasteiger partial charge on any atom is 0.112 e. The van der Waals surface area contributed by atoms with Gasteiger partial charge in [0.25, 0.3) is 0 Å². The van der Waals surface area contributed by atoms with Crippen LogP contribution in [0.15, 0.2) is 103 Å². The number of benzene rings is 3. The van der Waals surface area contributed by atoms with Crippen LogP contribution in [0.1, 0.15) is 51.9 Å². The van der Waals surface area contributed by atoms with E-state index in [0.717, 1.165) is 6.42 Å². The van der Waals surface area contributed by atoms with Gasteiger partial charge in [-0.2, -0.15) is 0 Å². The van der Waals surface area contributed by atoms with Gasteiger partial charge in [0.2, 0.25) is 0 Å². The summed E-state index contributed by atoms with van der Waals surface area (Å²) in [6.45, 7) is 2.28. The topological polar surface area (TPSA) is 0 Å². The normalized spacial score (nSPS) is 11.8. The maximum atomic E-state index is 2.43. The molecule has 0 saturated carbocycles. The van der Waals surface area contributed by atoms with Crippen molar-refractivity contribution in [3.8, 4) is 0 Å². The third-order valence-corrected chi connectivity index (χ3v) is 10.3. The summed E-state index contributed by atoms with van der Waals surface area (Å²) in [6.07, 6.45) is 15.2. The molecule has 0 aliphatic rings. The fourth-order valence-electron chi connectivity index (χ4n) is 4.25. The van der Waals surface area contributed by atoms with Crippen molar-refractivity contribution < 1.29 is 0 Å². The van der Waals surface area contributed by atoms with E-state index in [2.05, 4.69) is 110 Å². The van der Waals surface area contributed by atoms with Crippen molar-refractivity contribution >= 4 is 23.2 Å². The molecule has 0 radical (unpaired) electrons. The molecule has 1 heteroatoms. The average molecular weight is 416 g/mol. The van der Waals surface area contributed by atoms with Crippen LogP contribution in [0.25, 0.3) is 0 Å². The minimum absolute atomic E-state index is 1.13. The van der Waals surface area contributed by atoms with E-state index >= 15 is 0 Å². The SMILES string of the molecule is CCCCCCC/C=C\CC[P+](c1ccccc1)(c1ccccc1)c1ccccc1. The molecule has 3 aromatic carbocycles. The Balaban J connectivity index is 1.83. The summed E-state index contributed by atoms with van der Waals surface area (Å²) in [5.41, 5.74) is 0. The smallest absolute Gasteiger partial charge is 0.0884 e. The third-order valence-electron chi connectivity index (χ3n) is 5.86. The Hall–Kier alpha value is -2.17. The summed E-state index contributed by atoms with van der Waals surface area (Å²) in [5.74, 6) is 0. The van der Waals surface area contributed by atoms with Gasteiger partial charge in [-0.1, -0.05) is 99.4 Å². The fourth-order valence-corrected chi connectivity index (χ4v) is 8.50. The van der Waals surface area contributed by atoms with Crippen molar-refractivity contribution in [1.82, 2.24) is 0 Å². The molecule has 0 amide bonds. The molecule has 0 N–H and O–H groups in total. The number of hydrogen-bond acceptors (Lipinski definition) is 0. The predicted molar refractivity (Wildman–Crippen MR) is 137 cm³/mol. The molecule has 0 atom stereocenters. The second-order valence-corrected chi connectivity index (χ2v) is 11.6. The highest BCUT2D eigenvalue weighted by Crippen LogP contribution is 2.55. The van der Waals surface area contributed by atoms with E-state index in [1.54, 1.807) is 0 Å². The van der Waals surface area contributed by atoms with Crippen LogP contribution in [-0.2, 0) is 0 Å². The monoisotopic (exact) mass is 415 g/mol. The summed E-state index contributed by atoms with van der Waals surface area (Å²) in [5, 5.41) is 4.45. The molecule has 0 aliphatic carbocycles. The van der Waals surface area contributed by atoms with Crippen LogP contribution in [-0.4, -0.2) is 6.16 Å². The zero-order valence-electron chi connectivity index (χ0n) is 18.4. The summed E-state index contributed by atoms with van der Waals surface area (Å²) < 4.78 is 0. The van der Waals surface area contributed by atoms with Gasteiger partial charge in [-0.15, -0.1) is 0 Å². The van der Waals surface area contributed by atoms with E-state index in [1.165, 1.54) is 60.6 Å². The second-order valence-electron chi connectivity index (χ2n) is 8.00. The van der Waals surface area contributed by atoms with Crippen LogP contribution in [0.2, 0.25) is 0 Å². The number of allylic oxidation sites excluding steroid dienone is 2. The molecule has 0 unspecified atom stereocenters. The van der Waals surface area contributed by atoms with Crippen LogP contribution in [0.4, 0.5) is 0 Å². The summed E-state index contributed by atoms with van der Waals surface area (Å²) >= 11 is 0. The number of hydrogen-bond donors (Lipinski definition) is 0. The van der Waals surface area contributed by atoms with Gasteiger partial charge in [-0.25, -0.2) is 0 Å². The molecule has 3 rings (SSSR count). The maximum absolute atomic E-state index is 2.43.